The summed E-state index contributed by atoms with van der Waals surface area (Å²) < 4.78 is 39.6. The van der Waals surface area contributed by atoms with Crippen molar-refractivity contribution < 1.29 is 18.1 Å². The number of hydrogen-bond acceptors (Lipinski definition) is 5. The normalized spacial score (nSPS) is 18.0. The predicted molar refractivity (Wildman–Crippen MR) is 90.9 cm³/mol. The first-order valence-electron chi connectivity index (χ1n) is 8.36. The third-order valence-corrected chi connectivity index (χ3v) is 4.84. The van der Waals surface area contributed by atoms with Crippen molar-refractivity contribution in [3.05, 3.63) is 34.1 Å². The fourth-order valence-corrected chi connectivity index (χ4v) is 3.26. The van der Waals surface area contributed by atoms with Gasteiger partial charge >= 0.3 is 6.18 Å². The van der Waals surface area contributed by atoms with Crippen LogP contribution in [0.1, 0.15) is 45.4 Å². The van der Waals surface area contributed by atoms with Crippen LogP contribution in [0.25, 0.3) is 10.9 Å². The molecule has 2 aromatic rings. The Morgan fingerprint density at radius 3 is 2.46 bits per heavy atom. The summed E-state index contributed by atoms with van der Waals surface area (Å²) in [6.45, 7) is 4.32. The number of para-hydroxylation sites is 1. The molecular formula is C17H19F3N4O2. The summed E-state index contributed by atoms with van der Waals surface area (Å²) in [5.74, 6) is -1.38. The van der Waals surface area contributed by atoms with Crippen LogP contribution in [0.4, 0.5) is 24.7 Å². The highest BCUT2D eigenvalue weighted by Crippen LogP contribution is 2.38. The lowest BCUT2D eigenvalue weighted by atomic mass is 9.75. The van der Waals surface area contributed by atoms with E-state index in [0.717, 1.165) is 31.7 Å². The highest BCUT2D eigenvalue weighted by Gasteiger charge is 2.37. The van der Waals surface area contributed by atoms with Crippen molar-refractivity contribution in [3.8, 4) is 0 Å². The van der Waals surface area contributed by atoms with Gasteiger partial charge in [-0.3, -0.25) is 10.1 Å². The monoisotopic (exact) mass is 368 g/mol. The van der Waals surface area contributed by atoms with Crippen molar-refractivity contribution in [1.29, 1.82) is 0 Å². The molecule has 140 valence electrons. The van der Waals surface area contributed by atoms with Gasteiger partial charge in [0.25, 0.3) is 5.69 Å². The van der Waals surface area contributed by atoms with Crippen LogP contribution in [-0.2, 0) is 6.18 Å². The number of anilines is 1. The van der Waals surface area contributed by atoms with E-state index in [1.807, 2.05) is 0 Å². The van der Waals surface area contributed by atoms with Gasteiger partial charge in [-0.05, 0) is 37.2 Å². The molecule has 9 heteroatoms. The lowest BCUT2D eigenvalue weighted by Gasteiger charge is -2.35. The Morgan fingerprint density at radius 1 is 1.23 bits per heavy atom. The Bertz CT molecular complexity index is 842. The van der Waals surface area contributed by atoms with Gasteiger partial charge < -0.3 is 5.32 Å². The van der Waals surface area contributed by atoms with Gasteiger partial charge in [-0.2, -0.15) is 13.2 Å². The van der Waals surface area contributed by atoms with E-state index in [9.17, 15) is 23.3 Å². The van der Waals surface area contributed by atoms with Gasteiger partial charge in [0, 0.05) is 17.5 Å². The standard InChI is InChI=1S/C17H19F3N4O2/c1-16(2)8-6-10(7-9-16)21-14-11-4-3-5-12(24(25)26)13(11)22-15(23-14)17(18,19)20/h3-5,10H,6-9H2,1-2H3,(H,21,22,23). The summed E-state index contributed by atoms with van der Waals surface area (Å²) in [5, 5.41) is 14.5. The molecule has 1 N–H and O–H groups in total. The van der Waals surface area contributed by atoms with E-state index in [0.29, 0.717) is 0 Å². The Hall–Kier alpha value is -2.45. The smallest absolute Gasteiger partial charge is 0.367 e. The Labute approximate surface area is 148 Å². The highest BCUT2D eigenvalue weighted by molar-refractivity contribution is 5.95. The molecule has 0 saturated heterocycles. The van der Waals surface area contributed by atoms with Crippen molar-refractivity contribution in [2.75, 3.05) is 5.32 Å². The topological polar surface area (TPSA) is 81.0 Å². The molecule has 1 fully saturated rings. The molecule has 1 saturated carbocycles. The second-order valence-electron chi connectivity index (χ2n) is 7.41. The van der Waals surface area contributed by atoms with Crippen LogP contribution < -0.4 is 5.32 Å². The molecule has 6 nitrogen and oxygen atoms in total. The van der Waals surface area contributed by atoms with E-state index in [1.54, 1.807) is 0 Å². The van der Waals surface area contributed by atoms with Gasteiger partial charge in [0.1, 0.15) is 5.82 Å². The van der Waals surface area contributed by atoms with Crippen LogP contribution in [0.5, 0.6) is 0 Å². The van der Waals surface area contributed by atoms with Crippen LogP contribution >= 0.6 is 0 Å². The molecule has 1 aromatic heterocycles. The van der Waals surface area contributed by atoms with Gasteiger partial charge in [-0.15, -0.1) is 0 Å². The molecule has 0 aliphatic heterocycles. The second kappa shape index (κ2) is 6.37. The van der Waals surface area contributed by atoms with Crippen LogP contribution in [0.15, 0.2) is 18.2 Å². The summed E-state index contributed by atoms with van der Waals surface area (Å²) in [7, 11) is 0. The number of fused-ring (bicyclic) bond motifs is 1. The van der Waals surface area contributed by atoms with Gasteiger partial charge in [0.05, 0.1) is 4.92 Å². The van der Waals surface area contributed by atoms with Crippen LogP contribution in [0, 0.1) is 15.5 Å². The Morgan fingerprint density at radius 2 is 1.88 bits per heavy atom. The maximum absolute atomic E-state index is 13.2. The minimum Gasteiger partial charge on any atom is -0.367 e. The molecule has 3 rings (SSSR count). The van der Waals surface area contributed by atoms with Gasteiger partial charge in [-0.1, -0.05) is 19.9 Å². The number of rotatable bonds is 3. The molecule has 0 amide bonds. The average Bonchev–Trinajstić information content (AvgIpc) is 2.55. The Kier molecular flexibility index (Phi) is 4.49. The summed E-state index contributed by atoms with van der Waals surface area (Å²) in [5.41, 5.74) is -0.566. The van der Waals surface area contributed by atoms with E-state index in [-0.39, 0.29) is 28.2 Å². The van der Waals surface area contributed by atoms with E-state index in [2.05, 4.69) is 29.1 Å². The molecule has 1 aliphatic carbocycles. The summed E-state index contributed by atoms with van der Waals surface area (Å²) in [6, 6.07) is 4.04. The number of nitrogens with one attached hydrogen (secondary N) is 1. The second-order valence-corrected chi connectivity index (χ2v) is 7.41. The number of alkyl halides is 3. The molecule has 0 atom stereocenters. The van der Waals surface area contributed by atoms with Crippen LogP contribution in [-0.4, -0.2) is 20.9 Å². The molecule has 1 aliphatic rings. The predicted octanol–water partition coefficient (Wildman–Crippen LogP) is 4.94. The maximum atomic E-state index is 13.2. The molecule has 26 heavy (non-hydrogen) atoms. The molecule has 0 unspecified atom stereocenters. The molecule has 1 heterocycles. The first-order valence-corrected chi connectivity index (χ1v) is 8.36. The zero-order valence-electron chi connectivity index (χ0n) is 14.4. The van der Waals surface area contributed by atoms with Crippen molar-refractivity contribution in [3.63, 3.8) is 0 Å². The summed E-state index contributed by atoms with van der Waals surface area (Å²) >= 11 is 0. The van der Waals surface area contributed by atoms with Gasteiger partial charge in [0.15, 0.2) is 5.52 Å². The zero-order chi connectivity index (χ0) is 19.1. The van der Waals surface area contributed by atoms with Gasteiger partial charge in [-0.25, -0.2) is 9.97 Å². The van der Waals surface area contributed by atoms with Crippen molar-refractivity contribution in [2.45, 2.75) is 51.7 Å². The number of halogens is 3. The van der Waals surface area contributed by atoms with Crippen molar-refractivity contribution in [2.24, 2.45) is 5.41 Å². The van der Waals surface area contributed by atoms with E-state index < -0.39 is 22.6 Å². The van der Waals surface area contributed by atoms with E-state index in [4.69, 9.17) is 0 Å². The molecular weight excluding hydrogens is 349 g/mol. The first-order chi connectivity index (χ1) is 12.1. The fourth-order valence-electron chi connectivity index (χ4n) is 3.26. The Balaban J connectivity index is 2.06. The van der Waals surface area contributed by atoms with Crippen molar-refractivity contribution in [1.82, 2.24) is 9.97 Å². The van der Waals surface area contributed by atoms with Crippen LogP contribution in [0.3, 0.4) is 0 Å². The quantitative estimate of drug-likeness (QED) is 0.613. The first kappa shape index (κ1) is 18.3. The lowest BCUT2D eigenvalue weighted by Crippen LogP contribution is -2.30. The minimum atomic E-state index is -4.79. The fraction of sp³-hybridized carbons (Fsp3) is 0.529. The molecule has 1 aromatic carbocycles. The third kappa shape index (κ3) is 3.71. The number of hydrogen-bond donors (Lipinski definition) is 1. The number of aromatic nitrogens is 2. The number of nitro benzene ring substituents is 1. The number of benzene rings is 1. The average molecular weight is 368 g/mol. The number of nitro groups is 1. The molecule has 0 radical (unpaired) electrons. The molecule has 0 spiro atoms. The third-order valence-electron chi connectivity index (χ3n) is 4.84. The SMILES string of the molecule is CC1(C)CCC(Nc2nc(C(F)(F)F)nc3c([N+](=O)[O-])cccc23)CC1. The maximum Gasteiger partial charge on any atom is 0.451 e. The number of non-ortho nitro benzene ring substituents is 1. The zero-order valence-corrected chi connectivity index (χ0v) is 14.4. The number of nitrogens with zero attached hydrogens (tertiary/aromatic N) is 3. The van der Waals surface area contributed by atoms with Crippen LogP contribution in [0.2, 0.25) is 0 Å². The largest absolute Gasteiger partial charge is 0.451 e. The van der Waals surface area contributed by atoms with Crippen molar-refractivity contribution >= 4 is 22.4 Å². The lowest BCUT2D eigenvalue weighted by molar-refractivity contribution is -0.383. The highest BCUT2D eigenvalue weighted by atomic mass is 19.4. The molecule has 0 bridgehead atoms. The van der Waals surface area contributed by atoms with E-state index in [1.165, 1.54) is 12.1 Å². The summed E-state index contributed by atoms with van der Waals surface area (Å²) in [6.07, 6.45) is -1.30. The van der Waals surface area contributed by atoms with Gasteiger partial charge in [0.2, 0.25) is 5.82 Å². The minimum absolute atomic E-state index is 0.00395. The van der Waals surface area contributed by atoms with E-state index >= 15 is 0 Å². The summed E-state index contributed by atoms with van der Waals surface area (Å²) in [4.78, 5) is 17.5.